The molecule has 0 aromatic carbocycles. The summed E-state index contributed by atoms with van der Waals surface area (Å²) in [6.07, 6.45) is 1.80. The van der Waals surface area contributed by atoms with Crippen molar-refractivity contribution in [2.75, 3.05) is 13.1 Å². The highest BCUT2D eigenvalue weighted by Gasteiger charge is 2.43. The molecular formula is C16H29F3N2. The van der Waals surface area contributed by atoms with Gasteiger partial charge in [0.1, 0.15) is 0 Å². The Morgan fingerprint density at radius 3 is 2.43 bits per heavy atom. The van der Waals surface area contributed by atoms with Gasteiger partial charge in [-0.1, -0.05) is 12.8 Å². The number of nitrogens with zero attached hydrogens (tertiary/aromatic N) is 1. The van der Waals surface area contributed by atoms with E-state index in [0.717, 1.165) is 25.9 Å². The molecule has 0 radical (unpaired) electrons. The first-order chi connectivity index (χ1) is 9.88. The molecule has 0 amide bonds. The van der Waals surface area contributed by atoms with Gasteiger partial charge in [0.2, 0.25) is 0 Å². The predicted molar refractivity (Wildman–Crippen MR) is 79.3 cm³/mol. The molecule has 21 heavy (non-hydrogen) atoms. The highest BCUT2D eigenvalue weighted by atomic mass is 19.4. The highest BCUT2D eigenvalue weighted by Crippen LogP contribution is 2.39. The summed E-state index contributed by atoms with van der Waals surface area (Å²) in [5.41, 5.74) is 0. The van der Waals surface area contributed by atoms with Crippen molar-refractivity contribution < 1.29 is 13.2 Å². The molecular weight excluding hydrogens is 277 g/mol. The van der Waals surface area contributed by atoms with Crippen LogP contribution in [-0.4, -0.2) is 42.3 Å². The van der Waals surface area contributed by atoms with Crippen LogP contribution in [0.4, 0.5) is 13.2 Å². The molecule has 1 aliphatic carbocycles. The number of piperidine rings is 1. The Hall–Kier alpha value is -0.290. The second-order valence-electron chi connectivity index (χ2n) is 7.00. The monoisotopic (exact) mass is 306 g/mol. The number of alkyl halides is 3. The van der Waals surface area contributed by atoms with E-state index in [0.29, 0.717) is 24.9 Å². The molecule has 124 valence electrons. The van der Waals surface area contributed by atoms with Crippen molar-refractivity contribution in [3.63, 3.8) is 0 Å². The van der Waals surface area contributed by atoms with Gasteiger partial charge < -0.3 is 5.32 Å². The molecule has 3 atom stereocenters. The molecule has 1 saturated carbocycles. The third-order valence-corrected chi connectivity index (χ3v) is 5.09. The van der Waals surface area contributed by atoms with Gasteiger partial charge in [0.25, 0.3) is 0 Å². The number of halogens is 3. The van der Waals surface area contributed by atoms with Gasteiger partial charge in [-0.05, 0) is 52.5 Å². The lowest BCUT2D eigenvalue weighted by molar-refractivity contribution is -0.187. The topological polar surface area (TPSA) is 15.3 Å². The van der Waals surface area contributed by atoms with Gasteiger partial charge in [0, 0.05) is 24.7 Å². The summed E-state index contributed by atoms with van der Waals surface area (Å²) < 4.78 is 39.0. The Bertz CT molecular complexity index is 311. The van der Waals surface area contributed by atoms with Crippen LogP contribution in [-0.2, 0) is 0 Å². The molecule has 0 aromatic rings. The molecule has 1 aliphatic heterocycles. The van der Waals surface area contributed by atoms with Crippen LogP contribution in [0.3, 0.4) is 0 Å². The van der Waals surface area contributed by atoms with E-state index in [2.05, 4.69) is 24.1 Å². The Morgan fingerprint density at radius 2 is 1.86 bits per heavy atom. The molecule has 2 fully saturated rings. The summed E-state index contributed by atoms with van der Waals surface area (Å²) in [6.45, 7) is 6.17. The molecule has 0 aromatic heterocycles. The highest BCUT2D eigenvalue weighted by molar-refractivity contribution is 4.87. The standard InChI is InChI=1S/C16H29F3N2/c1-12(2)21(11-14-7-3-4-9-20-14)15-8-5-6-13(10-15)16(17,18)19/h12-15,20H,3-11H2,1-2H3. The molecule has 2 nitrogen and oxygen atoms in total. The van der Waals surface area contributed by atoms with E-state index in [1.54, 1.807) is 0 Å². The Morgan fingerprint density at radius 1 is 1.10 bits per heavy atom. The van der Waals surface area contributed by atoms with E-state index in [1.807, 2.05) is 0 Å². The van der Waals surface area contributed by atoms with Crippen LogP contribution in [0.25, 0.3) is 0 Å². The largest absolute Gasteiger partial charge is 0.391 e. The van der Waals surface area contributed by atoms with E-state index in [1.165, 1.54) is 12.8 Å². The first-order valence-corrected chi connectivity index (χ1v) is 8.43. The summed E-state index contributed by atoms with van der Waals surface area (Å²) in [4.78, 5) is 2.32. The fraction of sp³-hybridized carbons (Fsp3) is 1.00. The van der Waals surface area contributed by atoms with Crippen molar-refractivity contribution in [2.24, 2.45) is 5.92 Å². The molecule has 3 unspecified atom stereocenters. The van der Waals surface area contributed by atoms with Gasteiger partial charge in [0.15, 0.2) is 0 Å². The molecule has 1 heterocycles. The molecule has 1 saturated heterocycles. The number of nitrogens with one attached hydrogen (secondary N) is 1. The second kappa shape index (κ2) is 7.32. The maximum absolute atomic E-state index is 13.0. The van der Waals surface area contributed by atoms with Gasteiger partial charge >= 0.3 is 6.18 Å². The molecule has 5 heteroatoms. The lowest BCUT2D eigenvalue weighted by Crippen LogP contribution is -2.51. The van der Waals surface area contributed by atoms with Gasteiger partial charge in [-0.15, -0.1) is 0 Å². The lowest BCUT2D eigenvalue weighted by atomic mass is 9.83. The van der Waals surface area contributed by atoms with Crippen LogP contribution >= 0.6 is 0 Å². The lowest BCUT2D eigenvalue weighted by Gasteiger charge is -2.42. The smallest absolute Gasteiger partial charge is 0.313 e. The molecule has 1 N–H and O–H groups in total. The maximum atomic E-state index is 13.0. The molecule has 2 rings (SSSR count). The quantitative estimate of drug-likeness (QED) is 0.846. The summed E-state index contributed by atoms with van der Waals surface area (Å²) in [5.74, 6) is -1.10. The zero-order chi connectivity index (χ0) is 15.5. The van der Waals surface area contributed by atoms with Crippen LogP contribution in [0.15, 0.2) is 0 Å². The fourth-order valence-corrected chi connectivity index (χ4v) is 3.88. The minimum absolute atomic E-state index is 0.0918. The van der Waals surface area contributed by atoms with Gasteiger partial charge in [0.05, 0.1) is 5.92 Å². The number of rotatable bonds is 4. The minimum atomic E-state index is -4.02. The summed E-state index contributed by atoms with van der Waals surface area (Å²) in [7, 11) is 0. The Balaban J connectivity index is 1.96. The van der Waals surface area contributed by atoms with Gasteiger partial charge in [-0.2, -0.15) is 13.2 Å². The van der Waals surface area contributed by atoms with Gasteiger partial charge in [-0.3, -0.25) is 4.90 Å². The van der Waals surface area contributed by atoms with Crippen molar-refractivity contribution in [1.29, 1.82) is 0 Å². The Kier molecular flexibility index (Phi) is 5.95. The van der Waals surface area contributed by atoms with Crippen molar-refractivity contribution in [3.8, 4) is 0 Å². The average Bonchev–Trinajstić information content (AvgIpc) is 2.45. The molecule has 2 aliphatic rings. The van der Waals surface area contributed by atoms with E-state index < -0.39 is 12.1 Å². The van der Waals surface area contributed by atoms with E-state index in [9.17, 15) is 13.2 Å². The summed E-state index contributed by atoms with van der Waals surface area (Å²) in [5, 5.41) is 3.52. The molecule has 0 bridgehead atoms. The fourth-order valence-electron chi connectivity index (χ4n) is 3.88. The van der Waals surface area contributed by atoms with Crippen molar-refractivity contribution in [3.05, 3.63) is 0 Å². The van der Waals surface area contributed by atoms with Crippen LogP contribution < -0.4 is 5.32 Å². The zero-order valence-electron chi connectivity index (χ0n) is 13.3. The van der Waals surface area contributed by atoms with E-state index >= 15 is 0 Å². The van der Waals surface area contributed by atoms with Gasteiger partial charge in [-0.25, -0.2) is 0 Å². The Labute approximate surface area is 126 Å². The molecule has 0 spiro atoms. The van der Waals surface area contributed by atoms with Crippen LogP contribution in [0, 0.1) is 5.92 Å². The number of hydrogen-bond donors (Lipinski definition) is 1. The predicted octanol–water partition coefficient (Wildman–Crippen LogP) is 3.96. The maximum Gasteiger partial charge on any atom is 0.391 e. The third-order valence-electron chi connectivity index (χ3n) is 5.09. The van der Waals surface area contributed by atoms with E-state index in [4.69, 9.17) is 0 Å². The SMILES string of the molecule is CC(C)N(CC1CCCCN1)C1CCCC(C(F)(F)F)C1. The van der Waals surface area contributed by atoms with Crippen LogP contribution in [0.1, 0.15) is 58.8 Å². The first kappa shape index (κ1) is 17.1. The normalized spacial score (nSPS) is 31.9. The van der Waals surface area contributed by atoms with Crippen molar-refractivity contribution in [1.82, 2.24) is 10.2 Å². The minimum Gasteiger partial charge on any atom is -0.313 e. The van der Waals surface area contributed by atoms with E-state index in [-0.39, 0.29) is 12.5 Å². The summed E-state index contributed by atoms with van der Waals surface area (Å²) in [6, 6.07) is 0.854. The zero-order valence-corrected chi connectivity index (χ0v) is 13.3. The van der Waals surface area contributed by atoms with Crippen molar-refractivity contribution in [2.45, 2.75) is 83.1 Å². The first-order valence-electron chi connectivity index (χ1n) is 8.43. The summed E-state index contributed by atoms with van der Waals surface area (Å²) >= 11 is 0. The van der Waals surface area contributed by atoms with Crippen LogP contribution in [0.5, 0.6) is 0 Å². The average molecular weight is 306 g/mol. The second-order valence-corrected chi connectivity index (χ2v) is 7.00. The van der Waals surface area contributed by atoms with Crippen LogP contribution in [0.2, 0.25) is 0 Å². The third kappa shape index (κ3) is 4.85. The number of hydrogen-bond acceptors (Lipinski definition) is 2. The van der Waals surface area contributed by atoms with Crippen molar-refractivity contribution >= 4 is 0 Å².